The van der Waals surface area contributed by atoms with Crippen LogP contribution in [-0.4, -0.2) is 18.1 Å². The van der Waals surface area contributed by atoms with Gasteiger partial charge in [0.1, 0.15) is 5.54 Å². The minimum absolute atomic E-state index is 0.295. The van der Waals surface area contributed by atoms with Gasteiger partial charge in [-0.25, -0.2) is 0 Å². The molecule has 3 nitrogen and oxygen atoms in total. The predicted molar refractivity (Wildman–Crippen MR) is 60.4 cm³/mol. The number of hydrogen-bond donors (Lipinski definition) is 1. The first-order valence-corrected chi connectivity index (χ1v) is 5.70. The summed E-state index contributed by atoms with van der Waals surface area (Å²) in [5, 5.41) is 0. The zero-order valence-electron chi connectivity index (χ0n) is 9.71. The van der Waals surface area contributed by atoms with Crippen molar-refractivity contribution in [3.63, 3.8) is 0 Å². The van der Waals surface area contributed by atoms with Gasteiger partial charge in [0.2, 0.25) is 0 Å². The van der Waals surface area contributed by atoms with E-state index in [1.807, 2.05) is 0 Å². The van der Waals surface area contributed by atoms with E-state index in [1.54, 1.807) is 13.8 Å². The monoisotopic (exact) mass is 211 g/mol. The Hall–Kier alpha value is -0.830. The highest BCUT2D eigenvalue weighted by Gasteiger charge is 2.30. The van der Waals surface area contributed by atoms with Crippen LogP contribution in [0.5, 0.6) is 0 Å². The number of esters is 1. The topological polar surface area (TPSA) is 52.3 Å². The minimum Gasteiger partial charge on any atom is -0.465 e. The van der Waals surface area contributed by atoms with Gasteiger partial charge in [-0.1, -0.05) is 11.6 Å². The molecule has 1 atom stereocenters. The van der Waals surface area contributed by atoms with Gasteiger partial charge in [-0.2, -0.15) is 0 Å². The van der Waals surface area contributed by atoms with Crippen molar-refractivity contribution < 1.29 is 9.53 Å². The summed E-state index contributed by atoms with van der Waals surface area (Å²) in [7, 11) is 0. The van der Waals surface area contributed by atoms with Crippen molar-refractivity contribution in [3.05, 3.63) is 11.6 Å². The van der Waals surface area contributed by atoms with E-state index in [0.29, 0.717) is 13.0 Å². The highest BCUT2D eigenvalue weighted by atomic mass is 16.5. The second-order valence-corrected chi connectivity index (χ2v) is 4.42. The molecule has 0 aliphatic heterocycles. The Morgan fingerprint density at radius 2 is 2.33 bits per heavy atom. The Kier molecular flexibility index (Phi) is 4.33. The number of carbonyl (C=O) groups excluding carboxylic acids is 1. The van der Waals surface area contributed by atoms with E-state index < -0.39 is 5.54 Å². The van der Waals surface area contributed by atoms with Gasteiger partial charge in [0.05, 0.1) is 6.61 Å². The third-order valence-corrected chi connectivity index (χ3v) is 2.72. The molecule has 0 spiro atoms. The number of carbonyl (C=O) groups is 1. The Morgan fingerprint density at radius 3 is 2.87 bits per heavy atom. The summed E-state index contributed by atoms with van der Waals surface area (Å²) in [6.07, 6.45) is 7.51. The van der Waals surface area contributed by atoms with Gasteiger partial charge in [0.25, 0.3) is 0 Å². The van der Waals surface area contributed by atoms with Crippen molar-refractivity contribution in [2.45, 2.75) is 51.5 Å². The van der Waals surface area contributed by atoms with Gasteiger partial charge in [0, 0.05) is 0 Å². The standard InChI is InChI=1S/C12H21NO2/c1-3-15-11(14)12(2,13)9-10-7-5-4-6-8-10/h7H,3-6,8-9,13H2,1-2H3. The van der Waals surface area contributed by atoms with Crippen LogP contribution < -0.4 is 5.73 Å². The van der Waals surface area contributed by atoms with Crippen LogP contribution in [0.2, 0.25) is 0 Å². The molecule has 0 bridgehead atoms. The maximum absolute atomic E-state index is 11.6. The van der Waals surface area contributed by atoms with Gasteiger partial charge >= 0.3 is 5.97 Å². The Morgan fingerprint density at radius 1 is 1.60 bits per heavy atom. The van der Waals surface area contributed by atoms with Crippen LogP contribution in [0.25, 0.3) is 0 Å². The van der Waals surface area contributed by atoms with Crippen LogP contribution in [0.15, 0.2) is 11.6 Å². The molecule has 0 aromatic rings. The highest BCUT2D eigenvalue weighted by molar-refractivity contribution is 5.80. The van der Waals surface area contributed by atoms with E-state index >= 15 is 0 Å². The molecular weight excluding hydrogens is 190 g/mol. The van der Waals surface area contributed by atoms with Crippen molar-refractivity contribution in [3.8, 4) is 0 Å². The molecule has 1 aliphatic rings. The van der Waals surface area contributed by atoms with E-state index in [-0.39, 0.29) is 5.97 Å². The van der Waals surface area contributed by atoms with Crippen molar-refractivity contribution in [2.24, 2.45) is 5.73 Å². The van der Waals surface area contributed by atoms with Crippen molar-refractivity contribution in [2.75, 3.05) is 6.61 Å². The molecule has 0 saturated carbocycles. The fourth-order valence-corrected chi connectivity index (χ4v) is 1.91. The SMILES string of the molecule is CCOC(=O)C(C)(N)CC1=CCCCC1. The molecule has 0 radical (unpaired) electrons. The van der Waals surface area contributed by atoms with Crippen LogP contribution in [0, 0.1) is 0 Å². The van der Waals surface area contributed by atoms with Gasteiger partial charge < -0.3 is 10.5 Å². The van der Waals surface area contributed by atoms with E-state index in [2.05, 4.69) is 6.08 Å². The van der Waals surface area contributed by atoms with Crippen molar-refractivity contribution in [1.29, 1.82) is 0 Å². The van der Waals surface area contributed by atoms with E-state index in [0.717, 1.165) is 12.8 Å². The fourth-order valence-electron chi connectivity index (χ4n) is 1.91. The fraction of sp³-hybridized carbons (Fsp3) is 0.750. The molecule has 0 fully saturated rings. The van der Waals surface area contributed by atoms with Crippen LogP contribution in [0.1, 0.15) is 46.0 Å². The third-order valence-electron chi connectivity index (χ3n) is 2.72. The van der Waals surface area contributed by atoms with Gasteiger partial charge in [-0.05, 0) is 46.0 Å². The van der Waals surface area contributed by atoms with Crippen molar-refractivity contribution in [1.82, 2.24) is 0 Å². The summed E-state index contributed by atoms with van der Waals surface area (Å²) in [5.41, 5.74) is 6.40. The molecule has 15 heavy (non-hydrogen) atoms. The lowest BCUT2D eigenvalue weighted by molar-refractivity contribution is -0.148. The molecule has 0 amide bonds. The number of rotatable bonds is 4. The summed E-state index contributed by atoms with van der Waals surface area (Å²) in [6.45, 7) is 3.94. The zero-order chi connectivity index (χ0) is 11.3. The average Bonchev–Trinajstić information content (AvgIpc) is 2.19. The molecule has 2 N–H and O–H groups in total. The summed E-state index contributed by atoms with van der Waals surface area (Å²) >= 11 is 0. The highest BCUT2D eigenvalue weighted by Crippen LogP contribution is 2.25. The Bertz CT molecular complexity index is 256. The first-order chi connectivity index (χ1) is 7.06. The zero-order valence-corrected chi connectivity index (χ0v) is 9.71. The Labute approximate surface area is 91.7 Å². The molecule has 1 rings (SSSR count). The van der Waals surface area contributed by atoms with Crippen LogP contribution in [0.3, 0.4) is 0 Å². The molecular formula is C12H21NO2. The van der Waals surface area contributed by atoms with E-state index in [4.69, 9.17) is 10.5 Å². The number of ether oxygens (including phenoxy) is 1. The first kappa shape index (κ1) is 12.2. The maximum Gasteiger partial charge on any atom is 0.326 e. The molecule has 0 saturated heterocycles. The third kappa shape index (κ3) is 3.67. The average molecular weight is 211 g/mol. The summed E-state index contributed by atoms with van der Waals surface area (Å²) in [4.78, 5) is 11.6. The van der Waals surface area contributed by atoms with E-state index in [1.165, 1.54) is 18.4 Å². The lowest BCUT2D eigenvalue weighted by Gasteiger charge is -2.25. The molecule has 0 aromatic carbocycles. The van der Waals surface area contributed by atoms with Crippen molar-refractivity contribution >= 4 is 5.97 Å². The van der Waals surface area contributed by atoms with E-state index in [9.17, 15) is 4.79 Å². The first-order valence-electron chi connectivity index (χ1n) is 5.70. The molecule has 0 aromatic heterocycles. The molecule has 1 aliphatic carbocycles. The second kappa shape index (κ2) is 5.31. The lowest BCUT2D eigenvalue weighted by Crippen LogP contribution is -2.46. The summed E-state index contributed by atoms with van der Waals surface area (Å²) in [5.74, 6) is -0.295. The van der Waals surface area contributed by atoms with Crippen LogP contribution in [0.4, 0.5) is 0 Å². The normalized spacial score (nSPS) is 20.3. The largest absolute Gasteiger partial charge is 0.465 e. The quantitative estimate of drug-likeness (QED) is 0.572. The number of allylic oxidation sites excluding steroid dienone is 1. The number of hydrogen-bond acceptors (Lipinski definition) is 3. The van der Waals surface area contributed by atoms with Gasteiger partial charge in [-0.3, -0.25) is 4.79 Å². The smallest absolute Gasteiger partial charge is 0.326 e. The molecule has 3 heteroatoms. The van der Waals surface area contributed by atoms with Gasteiger partial charge in [0.15, 0.2) is 0 Å². The lowest BCUT2D eigenvalue weighted by atomic mass is 9.88. The summed E-state index contributed by atoms with van der Waals surface area (Å²) in [6, 6.07) is 0. The molecule has 86 valence electrons. The second-order valence-electron chi connectivity index (χ2n) is 4.42. The molecule has 0 heterocycles. The minimum atomic E-state index is -0.862. The van der Waals surface area contributed by atoms with Gasteiger partial charge in [-0.15, -0.1) is 0 Å². The van der Waals surface area contributed by atoms with Crippen LogP contribution in [-0.2, 0) is 9.53 Å². The Balaban J connectivity index is 2.54. The predicted octanol–water partition coefficient (Wildman–Crippen LogP) is 2.16. The maximum atomic E-state index is 11.6. The number of nitrogens with two attached hydrogens (primary N) is 1. The summed E-state index contributed by atoms with van der Waals surface area (Å²) < 4.78 is 4.96. The molecule has 1 unspecified atom stereocenters. The van der Waals surface area contributed by atoms with Crippen LogP contribution >= 0.6 is 0 Å².